The fourth-order valence-electron chi connectivity index (χ4n) is 2.18. The molecule has 0 unspecified atom stereocenters. The van der Waals surface area contributed by atoms with Crippen LogP contribution in [0.4, 0.5) is 0 Å². The number of fused-ring (bicyclic) bond motifs is 1. The van der Waals surface area contributed by atoms with E-state index in [9.17, 15) is 4.79 Å². The van der Waals surface area contributed by atoms with Crippen molar-refractivity contribution in [3.8, 4) is 0 Å². The van der Waals surface area contributed by atoms with Crippen LogP contribution in [-0.4, -0.2) is 12.6 Å². The Hall–Kier alpha value is -1.02. The van der Waals surface area contributed by atoms with Crippen molar-refractivity contribution in [1.29, 1.82) is 0 Å². The molecule has 0 saturated carbocycles. The van der Waals surface area contributed by atoms with Crippen LogP contribution in [0, 0.1) is 5.92 Å². The molecule has 2 nitrogen and oxygen atoms in total. The van der Waals surface area contributed by atoms with Gasteiger partial charge < -0.3 is 4.74 Å². The fourth-order valence-corrected chi connectivity index (χ4v) is 2.35. The normalized spacial score (nSPS) is 18.2. The summed E-state index contributed by atoms with van der Waals surface area (Å²) in [6.07, 6.45) is 1.59. The topological polar surface area (TPSA) is 26.3 Å². The van der Waals surface area contributed by atoms with E-state index >= 15 is 0 Å². The van der Waals surface area contributed by atoms with Gasteiger partial charge in [0.15, 0.2) is 0 Å². The zero-order chi connectivity index (χ0) is 11.5. The van der Waals surface area contributed by atoms with Crippen LogP contribution in [-0.2, 0) is 28.3 Å². The maximum absolute atomic E-state index is 11.6. The monoisotopic (exact) mass is 238 g/mol. The molecule has 0 heterocycles. The quantitative estimate of drug-likeness (QED) is 0.598. The summed E-state index contributed by atoms with van der Waals surface area (Å²) in [5.74, 6) is 0.448. The first-order chi connectivity index (χ1) is 7.74. The predicted molar refractivity (Wildman–Crippen MR) is 63.5 cm³/mol. The minimum Gasteiger partial charge on any atom is -0.466 e. The molecule has 0 bridgehead atoms. The van der Waals surface area contributed by atoms with E-state index < -0.39 is 0 Å². The lowest BCUT2D eigenvalue weighted by atomic mass is 10.1. The number of esters is 1. The van der Waals surface area contributed by atoms with Crippen molar-refractivity contribution < 1.29 is 9.53 Å². The molecule has 86 valence electrons. The molecule has 1 aliphatic rings. The van der Waals surface area contributed by atoms with Crippen LogP contribution in [0.15, 0.2) is 18.2 Å². The molecule has 0 saturated heterocycles. The number of carbonyl (C=O) groups is 1. The highest BCUT2D eigenvalue weighted by Gasteiger charge is 2.28. The lowest BCUT2D eigenvalue weighted by Crippen LogP contribution is -2.17. The van der Waals surface area contributed by atoms with Gasteiger partial charge in [-0.25, -0.2) is 0 Å². The van der Waals surface area contributed by atoms with Gasteiger partial charge in [0.25, 0.3) is 0 Å². The molecule has 1 atom stereocenters. The molecule has 0 N–H and O–H groups in total. The first-order valence-corrected chi connectivity index (χ1v) is 6.11. The summed E-state index contributed by atoms with van der Waals surface area (Å²) >= 11 is 5.79. The van der Waals surface area contributed by atoms with Crippen molar-refractivity contribution in [3.05, 3.63) is 34.9 Å². The molecular weight excluding hydrogens is 224 g/mol. The second kappa shape index (κ2) is 4.88. The second-order valence-corrected chi connectivity index (χ2v) is 4.36. The van der Waals surface area contributed by atoms with Crippen LogP contribution in [0.5, 0.6) is 0 Å². The average molecular weight is 239 g/mol. The van der Waals surface area contributed by atoms with Crippen LogP contribution >= 0.6 is 11.6 Å². The number of alkyl halides is 1. The van der Waals surface area contributed by atoms with Crippen molar-refractivity contribution in [2.45, 2.75) is 25.6 Å². The van der Waals surface area contributed by atoms with Gasteiger partial charge in [-0.2, -0.15) is 0 Å². The van der Waals surface area contributed by atoms with Gasteiger partial charge in [-0.1, -0.05) is 18.2 Å². The summed E-state index contributed by atoms with van der Waals surface area (Å²) in [5.41, 5.74) is 3.62. The number of rotatable bonds is 3. The van der Waals surface area contributed by atoms with Crippen LogP contribution in [0.3, 0.4) is 0 Å². The summed E-state index contributed by atoms with van der Waals surface area (Å²) in [6, 6.07) is 6.20. The van der Waals surface area contributed by atoms with Crippen molar-refractivity contribution in [2.24, 2.45) is 5.92 Å². The van der Waals surface area contributed by atoms with Gasteiger partial charge in [0.1, 0.15) is 0 Å². The third-order valence-electron chi connectivity index (χ3n) is 2.98. The summed E-state index contributed by atoms with van der Waals surface area (Å²) in [6.45, 7) is 2.30. The molecule has 1 aromatic rings. The van der Waals surface area contributed by atoms with E-state index in [4.69, 9.17) is 16.3 Å². The third kappa shape index (κ3) is 2.22. The molecule has 0 spiro atoms. The number of halogens is 1. The molecule has 0 amide bonds. The molecule has 1 aromatic carbocycles. The minimum atomic E-state index is -0.0777. The lowest BCUT2D eigenvalue weighted by Gasteiger charge is -2.06. The van der Waals surface area contributed by atoms with Crippen molar-refractivity contribution >= 4 is 17.6 Å². The highest BCUT2D eigenvalue weighted by Crippen LogP contribution is 2.28. The molecular formula is C13H15ClO2. The second-order valence-electron chi connectivity index (χ2n) is 4.09. The first-order valence-electron chi connectivity index (χ1n) is 5.58. The Kier molecular flexibility index (Phi) is 3.49. The SMILES string of the molecule is CCOC(=O)[C@H]1Cc2ccc(CCl)cc2C1. The van der Waals surface area contributed by atoms with Gasteiger partial charge in [0.05, 0.1) is 12.5 Å². The third-order valence-corrected chi connectivity index (χ3v) is 3.29. The molecule has 16 heavy (non-hydrogen) atoms. The van der Waals surface area contributed by atoms with Crippen molar-refractivity contribution in [3.63, 3.8) is 0 Å². The number of hydrogen-bond acceptors (Lipinski definition) is 2. The van der Waals surface area contributed by atoms with Gasteiger partial charge in [0.2, 0.25) is 0 Å². The number of carbonyl (C=O) groups excluding carboxylic acids is 1. The molecule has 0 aromatic heterocycles. The number of hydrogen-bond donors (Lipinski definition) is 0. The van der Waals surface area contributed by atoms with E-state index in [2.05, 4.69) is 12.1 Å². The lowest BCUT2D eigenvalue weighted by molar-refractivity contribution is -0.147. The Morgan fingerprint density at radius 3 is 2.88 bits per heavy atom. The van der Waals surface area contributed by atoms with Crippen molar-refractivity contribution in [1.82, 2.24) is 0 Å². The highest BCUT2D eigenvalue weighted by atomic mass is 35.5. The summed E-state index contributed by atoms with van der Waals surface area (Å²) in [7, 11) is 0. The summed E-state index contributed by atoms with van der Waals surface area (Å²) in [4.78, 5) is 11.6. The van der Waals surface area contributed by atoms with E-state index in [1.54, 1.807) is 0 Å². The average Bonchev–Trinajstić information content (AvgIpc) is 2.71. The van der Waals surface area contributed by atoms with E-state index in [1.807, 2.05) is 13.0 Å². The summed E-state index contributed by atoms with van der Waals surface area (Å²) < 4.78 is 5.05. The largest absolute Gasteiger partial charge is 0.466 e. The van der Waals surface area contributed by atoms with Gasteiger partial charge in [-0.3, -0.25) is 4.79 Å². The Bertz CT molecular complexity index is 401. The molecule has 0 radical (unpaired) electrons. The van der Waals surface area contributed by atoms with E-state index in [0.717, 1.165) is 18.4 Å². The maximum Gasteiger partial charge on any atom is 0.309 e. The molecule has 0 fully saturated rings. The fraction of sp³-hybridized carbons (Fsp3) is 0.462. The van der Waals surface area contributed by atoms with E-state index in [1.165, 1.54) is 11.1 Å². The van der Waals surface area contributed by atoms with Gasteiger partial charge >= 0.3 is 5.97 Å². The van der Waals surface area contributed by atoms with Crippen LogP contribution in [0.25, 0.3) is 0 Å². The van der Waals surface area contributed by atoms with Gasteiger partial charge in [-0.05, 0) is 36.5 Å². The Balaban J connectivity index is 2.11. The van der Waals surface area contributed by atoms with Crippen LogP contribution in [0.2, 0.25) is 0 Å². The zero-order valence-electron chi connectivity index (χ0n) is 9.33. The standard InChI is InChI=1S/C13H15ClO2/c1-2-16-13(15)12-6-10-4-3-9(8-14)5-11(10)7-12/h3-5,12H,2,6-8H2,1H3/t12-/m0/s1. The van der Waals surface area contributed by atoms with E-state index in [0.29, 0.717) is 12.5 Å². The van der Waals surface area contributed by atoms with Crippen LogP contribution in [0.1, 0.15) is 23.6 Å². The van der Waals surface area contributed by atoms with Gasteiger partial charge in [0, 0.05) is 5.88 Å². The number of ether oxygens (including phenoxy) is 1. The Morgan fingerprint density at radius 1 is 1.44 bits per heavy atom. The minimum absolute atomic E-state index is 0.000487. The number of benzene rings is 1. The molecule has 1 aliphatic carbocycles. The zero-order valence-corrected chi connectivity index (χ0v) is 10.1. The predicted octanol–water partition coefficient (Wildman–Crippen LogP) is 2.70. The maximum atomic E-state index is 11.6. The Labute approximate surface area is 101 Å². The smallest absolute Gasteiger partial charge is 0.309 e. The Morgan fingerprint density at radius 2 is 2.19 bits per heavy atom. The summed E-state index contributed by atoms with van der Waals surface area (Å²) in [5, 5.41) is 0. The molecule has 2 rings (SSSR count). The van der Waals surface area contributed by atoms with Crippen molar-refractivity contribution in [2.75, 3.05) is 6.61 Å². The highest BCUT2D eigenvalue weighted by molar-refractivity contribution is 6.17. The van der Waals surface area contributed by atoms with Gasteiger partial charge in [-0.15, -0.1) is 11.6 Å². The first kappa shape index (κ1) is 11.5. The molecule has 3 heteroatoms. The molecule has 0 aliphatic heterocycles. The van der Waals surface area contributed by atoms with E-state index in [-0.39, 0.29) is 11.9 Å². The van der Waals surface area contributed by atoms with Crippen LogP contribution < -0.4 is 0 Å².